The number of hydrogen-bond acceptors (Lipinski definition) is 2. The highest BCUT2D eigenvalue weighted by atomic mass is 16.3. The van der Waals surface area contributed by atoms with Gasteiger partial charge in [-0.05, 0) is 94.0 Å². The molecule has 3 aliphatic rings. The molecule has 6 atom stereocenters. The molecule has 0 amide bonds. The van der Waals surface area contributed by atoms with Crippen LogP contribution >= 0.6 is 0 Å². The standard InChI is InChI=1S/C28H44O2/c1-19-10-14-24(29)18-23(19)13-12-22-8-7-17-28(6)25(15-16-26(22)28)20(2)9-11-21(3)27(4,5)30/h9,11-13,20-21,24-26,29-30H,1,7-8,10,14-18H2,2-6H3/b11-9+,22-12-,23-13+/t20-,21+,24+,25-,26+,28-/m1/s1. The van der Waals surface area contributed by atoms with Gasteiger partial charge in [-0.3, -0.25) is 0 Å². The van der Waals surface area contributed by atoms with Crippen LogP contribution in [0.5, 0.6) is 0 Å². The van der Waals surface area contributed by atoms with E-state index in [2.05, 4.69) is 51.7 Å². The summed E-state index contributed by atoms with van der Waals surface area (Å²) >= 11 is 0. The lowest BCUT2D eigenvalue weighted by atomic mass is 9.61. The maximum Gasteiger partial charge on any atom is 0.0651 e. The fraction of sp³-hybridized carbons (Fsp3) is 0.714. The summed E-state index contributed by atoms with van der Waals surface area (Å²) in [6.45, 7) is 15.0. The smallest absolute Gasteiger partial charge is 0.0651 e. The van der Waals surface area contributed by atoms with E-state index in [1.54, 1.807) is 5.57 Å². The van der Waals surface area contributed by atoms with E-state index in [1.165, 1.54) is 43.3 Å². The van der Waals surface area contributed by atoms with Gasteiger partial charge in [-0.25, -0.2) is 0 Å². The third-order valence-electron chi connectivity index (χ3n) is 8.68. The van der Waals surface area contributed by atoms with E-state index in [1.807, 2.05) is 13.8 Å². The summed E-state index contributed by atoms with van der Waals surface area (Å²) in [5.74, 6) is 2.08. The zero-order chi connectivity index (χ0) is 22.1. The maximum absolute atomic E-state index is 10.3. The number of hydrogen-bond donors (Lipinski definition) is 2. The number of aliphatic hydroxyl groups is 2. The molecular weight excluding hydrogens is 368 g/mol. The first-order valence-corrected chi connectivity index (χ1v) is 12.2. The van der Waals surface area contributed by atoms with Gasteiger partial charge in [-0.2, -0.15) is 0 Å². The van der Waals surface area contributed by atoms with Gasteiger partial charge in [0.1, 0.15) is 0 Å². The summed E-state index contributed by atoms with van der Waals surface area (Å²) in [5.41, 5.74) is 3.78. The highest BCUT2D eigenvalue weighted by Gasteiger charge is 2.50. The van der Waals surface area contributed by atoms with Crippen LogP contribution in [-0.2, 0) is 0 Å². The van der Waals surface area contributed by atoms with E-state index in [4.69, 9.17) is 0 Å². The molecular formula is C28H44O2. The van der Waals surface area contributed by atoms with Gasteiger partial charge in [0, 0.05) is 5.92 Å². The molecule has 0 bridgehead atoms. The number of fused-ring (bicyclic) bond motifs is 1. The van der Waals surface area contributed by atoms with E-state index < -0.39 is 5.60 Å². The van der Waals surface area contributed by atoms with Gasteiger partial charge in [-0.1, -0.05) is 62.8 Å². The van der Waals surface area contributed by atoms with Crippen molar-refractivity contribution in [2.45, 2.75) is 97.7 Å². The van der Waals surface area contributed by atoms with Gasteiger partial charge in [-0.15, -0.1) is 0 Å². The van der Waals surface area contributed by atoms with Crippen molar-refractivity contribution in [2.24, 2.45) is 29.1 Å². The fourth-order valence-electron chi connectivity index (χ4n) is 6.25. The van der Waals surface area contributed by atoms with Crippen LogP contribution in [0.25, 0.3) is 0 Å². The quantitative estimate of drug-likeness (QED) is 0.490. The predicted octanol–water partition coefficient (Wildman–Crippen LogP) is 6.76. The Kier molecular flexibility index (Phi) is 7.19. The van der Waals surface area contributed by atoms with Crippen molar-refractivity contribution in [3.63, 3.8) is 0 Å². The Morgan fingerprint density at radius 1 is 1.10 bits per heavy atom. The molecule has 2 nitrogen and oxygen atoms in total. The molecule has 0 aromatic carbocycles. The third-order valence-corrected chi connectivity index (χ3v) is 8.68. The highest BCUT2D eigenvalue weighted by Crippen LogP contribution is 2.59. The molecule has 3 aliphatic carbocycles. The van der Waals surface area contributed by atoms with E-state index in [9.17, 15) is 10.2 Å². The molecule has 0 radical (unpaired) electrons. The first-order valence-electron chi connectivity index (χ1n) is 12.2. The van der Waals surface area contributed by atoms with Gasteiger partial charge < -0.3 is 10.2 Å². The van der Waals surface area contributed by atoms with Gasteiger partial charge >= 0.3 is 0 Å². The average Bonchev–Trinajstić information content (AvgIpc) is 3.03. The maximum atomic E-state index is 10.3. The average molecular weight is 413 g/mol. The second-order valence-electron chi connectivity index (χ2n) is 11.2. The van der Waals surface area contributed by atoms with Crippen molar-refractivity contribution in [1.29, 1.82) is 0 Å². The summed E-state index contributed by atoms with van der Waals surface area (Å²) in [6.07, 6.45) is 18.0. The Morgan fingerprint density at radius 2 is 1.83 bits per heavy atom. The van der Waals surface area contributed by atoms with E-state index in [0.717, 1.165) is 19.3 Å². The van der Waals surface area contributed by atoms with Crippen LogP contribution in [0.2, 0.25) is 0 Å². The van der Waals surface area contributed by atoms with Gasteiger partial charge in [0.2, 0.25) is 0 Å². The normalized spacial score (nSPS) is 37.7. The largest absolute Gasteiger partial charge is 0.393 e. The van der Waals surface area contributed by atoms with Crippen LogP contribution in [0.1, 0.15) is 86.0 Å². The molecule has 3 saturated carbocycles. The monoisotopic (exact) mass is 412 g/mol. The second-order valence-corrected chi connectivity index (χ2v) is 11.2. The first kappa shape index (κ1) is 23.5. The van der Waals surface area contributed by atoms with Crippen molar-refractivity contribution < 1.29 is 10.2 Å². The molecule has 30 heavy (non-hydrogen) atoms. The minimum atomic E-state index is -0.663. The molecule has 0 aromatic rings. The Hall–Kier alpha value is -1.12. The molecule has 3 fully saturated rings. The molecule has 0 unspecified atom stereocenters. The van der Waals surface area contributed by atoms with Crippen LogP contribution in [0.4, 0.5) is 0 Å². The topological polar surface area (TPSA) is 40.5 Å². The van der Waals surface area contributed by atoms with Crippen LogP contribution in [0.3, 0.4) is 0 Å². The van der Waals surface area contributed by atoms with Gasteiger partial charge in [0.05, 0.1) is 11.7 Å². The predicted molar refractivity (Wildman–Crippen MR) is 127 cm³/mol. The van der Waals surface area contributed by atoms with E-state index in [0.29, 0.717) is 23.2 Å². The molecule has 0 saturated heterocycles. The lowest BCUT2D eigenvalue weighted by Crippen LogP contribution is -2.35. The summed E-state index contributed by atoms with van der Waals surface area (Å²) in [7, 11) is 0. The van der Waals surface area contributed by atoms with Crippen LogP contribution in [-0.4, -0.2) is 21.9 Å². The second kappa shape index (κ2) is 9.17. The summed E-state index contributed by atoms with van der Waals surface area (Å²) < 4.78 is 0. The van der Waals surface area contributed by atoms with Crippen LogP contribution < -0.4 is 0 Å². The molecule has 0 aliphatic heterocycles. The van der Waals surface area contributed by atoms with Crippen molar-refractivity contribution in [3.8, 4) is 0 Å². The molecule has 0 heterocycles. The summed E-state index contributed by atoms with van der Waals surface area (Å²) in [4.78, 5) is 0. The minimum Gasteiger partial charge on any atom is -0.393 e. The number of allylic oxidation sites excluding steroid dienone is 5. The van der Waals surface area contributed by atoms with Crippen molar-refractivity contribution in [2.75, 3.05) is 0 Å². The lowest BCUT2D eigenvalue weighted by Gasteiger charge is -2.44. The highest BCUT2D eigenvalue weighted by molar-refractivity contribution is 5.36. The van der Waals surface area contributed by atoms with E-state index >= 15 is 0 Å². The van der Waals surface area contributed by atoms with Crippen molar-refractivity contribution in [1.82, 2.24) is 0 Å². The molecule has 168 valence electrons. The minimum absolute atomic E-state index is 0.164. The molecule has 0 aromatic heterocycles. The molecule has 2 N–H and O–H groups in total. The van der Waals surface area contributed by atoms with Crippen molar-refractivity contribution in [3.05, 3.63) is 47.6 Å². The fourth-order valence-corrected chi connectivity index (χ4v) is 6.25. The van der Waals surface area contributed by atoms with Crippen molar-refractivity contribution >= 4 is 0 Å². The molecule has 2 heteroatoms. The Labute approximate surface area is 184 Å². The summed E-state index contributed by atoms with van der Waals surface area (Å²) in [6, 6.07) is 0. The zero-order valence-corrected chi connectivity index (χ0v) is 20.0. The summed E-state index contributed by atoms with van der Waals surface area (Å²) in [5, 5.41) is 20.3. The Morgan fingerprint density at radius 3 is 2.53 bits per heavy atom. The third kappa shape index (κ3) is 5.02. The van der Waals surface area contributed by atoms with E-state index in [-0.39, 0.29) is 12.0 Å². The van der Waals surface area contributed by atoms with Crippen LogP contribution in [0, 0.1) is 29.1 Å². The van der Waals surface area contributed by atoms with Crippen LogP contribution in [0.15, 0.2) is 47.6 Å². The number of aliphatic hydroxyl groups excluding tert-OH is 1. The van der Waals surface area contributed by atoms with Gasteiger partial charge in [0.25, 0.3) is 0 Å². The molecule has 3 rings (SSSR count). The first-order chi connectivity index (χ1) is 14.0. The number of rotatable bonds is 5. The SMILES string of the molecule is C=C1CC[C@H](O)C/C1=C\C=C1\CCC[C@]2(C)[C@@H]([C@H](C)/C=C/[C@H](C)C(C)(C)O)CC[C@@H]12. The Bertz CT molecular complexity index is 719. The lowest BCUT2D eigenvalue weighted by molar-refractivity contribution is 0.0436. The zero-order valence-electron chi connectivity index (χ0n) is 20.0. The Balaban J connectivity index is 1.75. The van der Waals surface area contributed by atoms with Gasteiger partial charge in [0.15, 0.2) is 0 Å². The molecule has 0 spiro atoms.